The number of phosphoric ester groups is 2. The number of esters is 4. The average molecular weight is 1450 g/mol. The highest BCUT2D eigenvalue weighted by Crippen LogP contribution is 2.45. The summed E-state index contributed by atoms with van der Waals surface area (Å²) in [5.41, 5.74) is 0. The van der Waals surface area contributed by atoms with Crippen molar-refractivity contribution in [1.29, 1.82) is 0 Å². The second-order valence-corrected chi connectivity index (χ2v) is 28.8. The molecule has 0 saturated heterocycles. The van der Waals surface area contributed by atoms with Crippen molar-refractivity contribution in [3.63, 3.8) is 0 Å². The summed E-state index contributed by atoms with van der Waals surface area (Å²) in [5.74, 6) is -2.24. The van der Waals surface area contributed by atoms with E-state index in [-0.39, 0.29) is 25.7 Å². The summed E-state index contributed by atoms with van der Waals surface area (Å²) in [6.45, 7) is 4.64. The van der Waals surface area contributed by atoms with Gasteiger partial charge >= 0.3 is 39.5 Å². The highest BCUT2D eigenvalue weighted by atomic mass is 31.2. The summed E-state index contributed by atoms with van der Waals surface area (Å²) in [4.78, 5) is 72.9. The van der Waals surface area contributed by atoms with Crippen LogP contribution in [-0.4, -0.2) is 96.7 Å². The zero-order valence-corrected chi connectivity index (χ0v) is 64.6. The first-order chi connectivity index (χ1) is 48.7. The molecule has 100 heavy (non-hydrogen) atoms. The largest absolute Gasteiger partial charge is 0.472 e. The van der Waals surface area contributed by atoms with E-state index in [1.54, 1.807) is 0 Å². The maximum atomic E-state index is 13.1. The number of carbonyl (C=O) groups excluding carboxylic acids is 4. The van der Waals surface area contributed by atoms with Crippen LogP contribution in [0.15, 0.2) is 109 Å². The molecule has 0 fully saturated rings. The lowest BCUT2D eigenvalue weighted by Crippen LogP contribution is -2.30. The van der Waals surface area contributed by atoms with Gasteiger partial charge in [0.25, 0.3) is 0 Å². The minimum absolute atomic E-state index is 0.0689. The van der Waals surface area contributed by atoms with Crippen LogP contribution >= 0.6 is 15.6 Å². The lowest BCUT2D eigenvalue weighted by molar-refractivity contribution is -0.161. The number of aliphatic hydroxyl groups is 1. The zero-order chi connectivity index (χ0) is 73.2. The van der Waals surface area contributed by atoms with E-state index in [4.69, 9.17) is 37.0 Å². The van der Waals surface area contributed by atoms with Crippen molar-refractivity contribution >= 4 is 39.5 Å². The molecule has 5 unspecified atom stereocenters. The highest BCUT2D eigenvalue weighted by Gasteiger charge is 2.30. The molecule has 576 valence electrons. The molecular formula is C81H140O17P2. The average Bonchev–Trinajstić information content (AvgIpc) is 0.966. The van der Waals surface area contributed by atoms with Crippen LogP contribution in [0, 0.1) is 0 Å². The smallest absolute Gasteiger partial charge is 0.462 e. The molecule has 19 heteroatoms. The van der Waals surface area contributed by atoms with E-state index in [9.17, 15) is 43.2 Å². The van der Waals surface area contributed by atoms with Crippen molar-refractivity contribution in [2.24, 2.45) is 0 Å². The van der Waals surface area contributed by atoms with Gasteiger partial charge in [-0.05, 0) is 135 Å². The third-order valence-electron chi connectivity index (χ3n) is 16.2. The molecule has 0 amide bonds. The van der Waals surface area contributed by atoms with Gasteiger partial charge in [-0.2, -0.15) is 0 Å². The fraction of sp³-hybridized carbons (Fsp3) is 0.728. The van der Waals surface area contributed by atoms with E-state index in [2.05, 4.69) is 137 Å². The Bertz CT molecular complexity index is 2320. The SMILES string of the molecule is CC/C=C\C/C=C\C/C=C\C/C=C\CCCCC(=O)OCC(COP(=O)(O)OCC(O)COP(=O)(O)OCC(COC(=O)CCCCCCCC/C=C\C/C=C\C/C=C\CCCCC)OC(=O)CCCCCCCCCCCCC)OC(=O)CCCCCCC/C=C\C/C=C\CCCCC. The lowest BCUT2D eigenvalue weighted by atomic mass is 10.1. The first-order valence-electron chi connectivity index (χ1n) is 39.1. The molecule has 3 N–H and O–H groups in total. The fourth-order valence-electron chi connectivity index (χ4n) is 10.2. The van der Waals surface area contributed by atoms with Crippen molar-refractivity contribution in [3.05, 3.63) is 109 Å². The van der Waals surface area contributed by atoms with Gasteiger partial charge in [0.05, 0.1) is 26.4 Å². The summed E-state index contributed by atoms with van der Waals surface area (Å²) < 4.78 is 68.5. The molecule has 0 heterocycles. The van der Waals surface area contributed by atoms with Crippen LogP contribution < -0.4 is 0 Å². The number of carbonyl (C=O) groups is 4. The van der Waals surface area contributed by atoms with E-state index < -0.39 is 97.5 Å². The van der Waals surface area contributed by atoms with Crippen molar-refractivity contribution in [1.82, 2.24) is 0 Å². The van der Waals surface area contributed by atoms with E-state index in [0.717, 1.165) is 167 Å². The van der Waals surface area contributed by atoms with Gasteiger partial charge in [-0.25, -0.2) is 9.13 Å². The summed E-state index contributed by atoms with van der Waals surface area (Å²) in [5, 5.41) is 10.6. The second kappa shape index (κ2) is 73.0. The standard InChI is InChI=1S/C81H140O17P2/c1-5-9-13-17-21-25-29-32-35-36-37-38-41-43-47-50-54-58-62-66-79(84)91-71-76(97-80(85)67-63-59-55-51-45-28-24-20-16-12-8-4)73-95-99(87,88)93-69-75(82)70-94-100(89,90)96-74-77(98-81(86)68-64-60-56-52-48-44-40-34-31-27-23-19-15-11-7-3)72-92-78(83)65-61-57-53-49-46-42-39-33-30-26-22-18-14-10-6-2/h10,14,21-23,25-27,32-35,37-40,46,49,75-77,82H,5-9,11-13,15-20,24,28-31,36,41-45,47-48,50-74H2,1-4H3,(H,87,88)(H,89,90)/b14-10-,25-21-,26-22-,27-23-,35-32-,38-37-,39-33-,40-34-,49-46-. The van der Waals surface area contributed by atoms with Gasteiger partial charge < -0.3 is 33.8 Å². The number of allylic oxidation sites excluding steroid dienone is 18. The van der Waals surface area contributed by atoms with E-state index >= 15 is 0 Å². The number of hydrogen-bond acceptors (Lipinski definition) is 15. The van der Waals surface area contributed by atoms with Crippen molar-refractivity contribution < 1.29 is 80.2 Å². The van der Waals surface area contributed by atoms with Crippen molar-refractivity contribution in [3.8, 4) is 0 Å². The Morgan fingerprint density at radius 3 is 0.840 bits per heavy atom. The van der Waals surface area contributed by atoms with Crippen LogP contribution in [0.1, 0.15) is 323 Å². The van der Waals surface area contributed by atoms with Gasteiger partial charge in [-0.15, -0.1) is 0 Å². The van der Waals surface area contributed by atoms with Gasteiger partial charge in [-0.1, -0.05) is 272 Å². The molecule has 0 bridgehead atoms. The van der Waals surface area contributed by atoms with Crippen LogP contribution in [0.25, 0.3) is 0 Å². The van der Waals surface area contributed by atoms with Crippen LogP contribution in [0.4, 0.5) is 0 Å². The Morgan fingerprint density at radius 2 is 0.520 bits per heavy atom. The number of ether oxygens (including phenoxy) is 4. The molecule has 0 saturated carbocycles. The number of aliphatic hydroxyl groups excluding tert-OH is 1. The zero-order valence-electron chi connectivity index (χ0n) is 62.8. The molecular weight excluding hydrogens is 1310 g/mol. The molecule has 0 aromatic carbocycles. The quantitative estimate of drug-likeness (QED) is 0.0169. The molecule has 5 atom stereocenters. The predicted octanol–water partition coefficient (Wildman–Crippen LogP) is 22.6. The molecule has 0 spiro atoms. The topological polar surface area (TPSA) is 237 Å². The maximum absolute atomic E-state index is 13.1. The molecule has 0 radical (unpaired) electrons. The minimum Gasteiger partial charge on any atom is -0.462 e. The van der Waals surface area contributed by atoms with Gasteiger partial charge in [0.1, 0.15) is 19.3 Å². The first-order valence-corrected chi connectivity index (χ1v) is 42.1. The van der Waals surface area contributed by atoms with Crippen molar-refractivity contribution in [2.75, 3.05) is 39.6 Å². The third-order valence-corrected chi connectivity index (χ3v) is 18.1. The Labute approximate surface area is 607 Å². The second-order valence-electron chi connectivity index (χ2n) is 25.9. The highest BCUT2D eigenvalue weighted by molar-refractivity contribution is 7.47. The monoisotopic (exact) mass is 1450 g/mol. The third kappa shape index (κ3) is 72.1. The lowest BCUT2D eigenvalue weighted by Gasteiger charge is -2.21. The number of hydrogen-bond donors (Lipinski definition) is 3. The molecule has 0 aromatic heterocycles. The van der Waals surface area contributed by atoms with Gasteiger partial charge in [0.2, 0.25) is 0 Å². The predicted molar refractivity (Wildman–Crippen MR) is 408 cm³/mol. The molecule has 0 aliphatic rings. The van der Waals surface area contributed by atoms with Crippen LogP contribution in [0.2, 0.25) is 0 Å². The minimum atomic E-state index is -4.99. The van der Waals surface area contributed by atoms with Crippen molar-refractivity contribution in [2.45, 2.75) is 341 Å². The van der Waals surface area contributed by atoms with E-state index in [0.29, 0.717) is 25.7 Å². The first kappa shape index (κ1) is 95.7. The Kier molecular flexibility index (Phi) is 69.9. The maximum Gasteiger partial charge on any atom is 0.472 e. The van der Waals surface area contributed by atoms with Gasteiger partial charge in [0.15, 0.2) is 12.2 Å². The molecule has 0 aliphatic heterocycles. The van der Waals surface area contributed by atoms with E-state index in [1.807, 2.05) is 0 Å². The summed E-state index contributed by atoms with van der Waals surface area (Å²) in [6, 6.07) is 0. The summed E-state index contributed by atoms with van der Waals surface area (Å²) in [7, 11) is -9.97. The number of unbranched alkanes of at least 4 members (excludes halogenated alkanes) is 29. The van der Waals surface area contributed by atoms with Gasteiger partial charge in [0, 0.05) is 25.7 Å². The van der Waals surface area contributed by atoms with Crippen LogP contribution in [0.3, 0.4) is 0 Å². The summed E-state index contributed by atoms with van der Waals surface area (Å²) in [6.07, 6.45) is 77.9. The van der Waals surface area contributed by atoms with Gasteiger partial charge in [-0.3, -0.25) is 37.3 Å². The summed E-state index contributed by atoms with van der Waals surface area (Å²) >= 11 is 0. The molecule has 0 aromatic rings. The Hall–Kier alpha value is -4.28. The normalized spacial score (nSPS) is 14.5. The number of rotatable bonds is 73. The van der Waals surface area contributed by atoms with E-state index in [1.165, 1.54) is 77.0 Å². The number of phosphoric acid groups is 2. The van der Waals surface area contributed by atoms with Crippen LogP contribution in [-0.2, 0) is 65.4 Å². The van der Waals surface area contributed by atoms with Crippen LogP contribution in [0.5, 0.6) is 0 Å². The molecule has 0 aliphatic carbocycles. The fourth-order valence-corrected chi connectivity index (χ4v) is 11.8. The molecule has 17 nitrogen and oxygen atoms in total. The Balaban J connectivity index is 5.36. The molecule has 0 rings (SSSR count). The Morgan fingerprint density at radius 1 is 0.290 bits per heavy atom.